The molecule has 0 aliphatic heterocycles. The predicted molar refractivity (Wildman–Crippen MR) is 91.0 cm³/mol. The smallest absolute Gasteiger partial charge is 0.355 e. The van der Waals surface area contributed by atoms with Gasteiger partial charge in [0.1, 0.15) is 11.5 Å². The van der Waals surface area contributed by atoms with E-state index in [4.69, 9.17) is 14.0 Å². The van der Waals surface area contributed by atoms with Crippen molar-refractivity contribution in [3.8, 4) is 0 Å². The van der Waals surface area contributed by atoms with E-state index in [0.717, 1.165) is 0 Å². The summed E-state index contributed by atoms with van der Waals surface area (Å²) in [6.45, 7) is 6.64. The number of carbonyl (C=O) groups excluding carboxylic acids is 3. The molecule has 2 N–H and O–H groups in total. The van der Waals surface area contributed by atoms with Crippen molar-refractivity contribution in [3.63, 3.8) is 0 Å². The molecule has 0 radical (unpaired) electrons. The van der Waals surface area contributed by atoms with Crippen LogP contribution in [0.1, 0.15) is 51.2 Å². The number of anilines is 1. The molecule has 0 aromatic carbocycles. The summed E-state index contributed by atoms with van der Waals surface area (Å²) in [5.41, 5.74) is 1.26. The number of ether oxygens (including phenoxy) is 2. The zero-order valence-electron chi connectivity index (χ0n) is 15.3. The van der Waals surface area contributed by atoms with Crippen molar-refractivity contribution in [1.29, 1.82) is 0 Å². The monoisotopic (exact) mass is 363 g/mol. The third-order valence-electron chi connectivity index (χ3n) is 3.82. The van der Waals surface area contributed by atoms with Crippen LogP contribution in [-0.4, -0.2) is 41.2 Å². The number of amides is 1. The molecule has 1 amide bonds. The average Bonchev–Trinajstić information content (AvgIpc) is 3.14. The lowest BCUT2D eigenvalue weighted by molar-refractivity contribution is -0.124. The van der Waals surface area contributed by atoms with Crippen molar-refractivity contribution in [2.45, 2.75) is 40.2 Å². The maximum atomic E-state index is 12.5. The van der Waals surface area contributed by atoms with E-state index in [1.165, 1.54) is 7.11 Å². The van der Waals surface area contributed by atoms with Gasteiger partial charge in [0, 0.05) is 11.8 Å². The zero-order valence-corrected chi connectivity index (χ0v) is 15.3. The minimum atomic E-state index is -1.02. The number of methoxy groups -OCH3 is 1. The highest BCUT2D eigenvalue weighted by molar-refractivity contribution is 6.00. The number of hydrogen-bond acceptors (Lipinski definition) is 7. The van der Waals surface area contributed by atoms with Crippen LogP contribution in [-0.2, 0) is 14.3 Å². The highest BCUT2D eigenvalue weighted by atomic mass is 16.5. The number of hydrogen-bond donors (Lipinski definition) is 2. The van der Waals surface area contributed by atoms with Gasteiger partial charge >= 0.3 is 11.9 Å². The Morgan fingerprint density at radius 1 is 1.27 bits per heavy atom. The summed E-state index contributed by atoms with van der Waals surface area (Å²) in [6.07, 6.45) is -0.763. The topological polar surface area (TPSA) is 124 Å². The molecule has 2 aromatic rings. The number of H-pyrrole nitrogens is 1. The van der Waals surface area contributed by atoms with Gasteiger partial charge < -0.3 is 24.3 Å². The SMILES string of the molecule is CC[C@@H](OC(=O)c1[nH]c(C)c(C(=O)OC)c1C)C(=O)Nc1cc(C)on1. The first-order valence-electron chi connectivity index (χ1n) is 8.01. The van der Waals surface area contributed by atoms with Gasteiger partial charge in [-0.1, -0.05) is 12.1 Å². The van der Waals surface area contributed by atoms with Gasteiger partial charge in [0.25, 0.3) is 5.91 Å². The fraction of sp³-hybridized carbons (Fsp3) is 0.412. The van der Waals surface area contributed by atoms with Gasteiger partial charge in [0.2, 0.25) is 0 Å². The predicted octanol–water partition coefficient (Wildman–Crippen LogP) is 2.29. The molecule has 0 saturated heterocycles. The lowest BCUT2D eigenvalue weighted by Crippen LogP contribution is -2.32. The Morgan fingerprint density at radius 2 is 1.96 bits per heavy atom. The van der Waals surface area contributed by atoms with E-state index < -0.39 is 23.9 Å². The van der Waals surface area contributed by atoms with E-state index in [9.17, 15) is 14.4 Å². The molecule has 0 aliphatic carbocycles. The maximum Gasteiger partial charge on any atom is 0.355 e. The van der Waals surface area contributed by atoms with Gasteiger partial charge in [-0.3, -0.25) is 4.79 Å². The summed E-state index contributed by atoms with van der Waals surface area (Å²) in [7, 11) is 1.26. The first kappa shape index (κ1) is 19.2. The Morgan fingerprint density at radius 3 is 2.50 bits per heavy atom. The fourth-order valence-corrected chi connectivity index (χ4v) is 2.50. The van der Waals surface area contributed by atoms with Crippen molar-refractivity contribution in [2.75, 3.05) is 12.4 Å². The van der Waals surface area contributed by atoms with Crippen LogP contribution in [0.25, 0.3) is 0 Å². The highest BCUT2D eigenvalue weighted by Crippen LogP contribution is 2.20. The minimum Gasteiger partial charge on any atom is -0.465 e. The molecule has 2 heterocycles. The lowest BCUT2D eigenvalue weighted by atomic mass is 10.1. The van der Waals surface area contributed by atoms with Crippen LogP contribution < -0.4 is 5.32 Å². The van der Waals surface area contributed by atoms with Crippen LogP contribution in [0.5, 0.6) is 0 Å². The number of rotatable bonds is 6. The van der Waals surface area contributed by atoms with Crippen LogP contribution in [0.2, 0.25) is 0 Å². The number of aromatic nitrogens is 2. The van der Waals surface area contributed by atoms with Crippen molar-refractivity contribution in [1.82, 2.24) is 10.1 Å². The van der Waals surface area contributed by atoms with Crippen molar-refractivity contribution >= 4 is 23.7 Å². The second-order valence-corrected chi connectivity index (χ2v) is 5.73. The molecule has 0 bridgehead atoms. The Kier molecular flexibility index (Phi) is 5.81. The second kappa shape index (κ2) is 7.85. The van der Waals surface area contributed by atoms with Gasteiger partial charge in [-0.05, 0) is 32.8 Å². The average molecular weight is 363 g/mol. The molecular formula is C17H21N3O6. The quantitative estimate of drug-likeness (QED) is 0.755. The summed E-state index contributed by atoms with van der Waals surface area (Å²) >= 11 is 0. The van der Waals surface area contributed by atoms with Gasteiger partial charge in [0.15, 0.2) is 11.9 Å². The standard InChI is InChI=1S/C17H21N3O6/c1-6-11(15(21)19-12-7-8(2)26-20-12)25-17(23)14-9(3)13(10(4)18-14)16(22)24-5/h7,11,18H,6H2,1-5H3,(H,19,20,21)/t11-/m1/s1. The summed E-state index contributed by atoms with van der Waals surface area (Å²) < 4.78 is 14.9. The van der Waals surface area contributed by atoms with Crippen molar-refractivity contribution < 1.29 is 28.4 Å². The van der Waals surface area contributed by atoms with Gasteiger partial charge in [-0.15, -0.1) is 0 Å². The van der Waals surface area contributed by atoms with Crippen molar-refractivity contribution in [3.05, 3.63) is 34.3 Å². The number of esters is 2. The molecule has 0 fully saturated rings. The van der Waals surface area contributed by atoms with Crippen molar-refractivity contribution in [2.24, 2.45) is 0 Å². The molecule has 9 nitrogen and oxygen atoms in total. The molecule has 2 rings (SSSR count). The molecule has 26 heavy (non-hydrogen) atoms. The maximum absolute atomic E-state index is 12.5. The zero-order chi connectivity index (χ0) is 19.4. The van der Waals surface area contributed by atoms with Gasteiger partial charge in [-0.25, -0.2) is 9.59 Å². The molecule has 1 atom stereocenters. The first-order valence-corrected chi connectivity index (χ1v) is 8.01. The van der Waals surface area contributed by atoms with E-state index in [-0.39, 0.29) is 23.5 Å². The lowest BCUT2D eigenvalue weighted by Gasteiger charge is -2.15. The summed E-state index contributed by atoms with van der Waals surface area (Å²) in [6, 6.07) is 1.55. The largest absolute Gasteiger partial charge is 0.465 e. The molecule has 0 saturated carbocycles. The normalized spacial score (nSPS) is 11.7. The highest BCUT2D eigenvalue weighted by Gasteiger charge is 2.27. The fourth-order valence-electron chi connectivity index (χ4n) is 2.50. The third kappa shape index (κ3) is 3.93. The minimum absolute atomic E-state index is 0.103. The number of aromatic amines is 1. The Balaban J connectivity index is 2.14. The Labute approximate surface area is 150 Å². The number of aryl methyl sites for hydroxylation is 2. The number of carbonyl (C=O) groups is 3. The molecule has 2 aromatic heterocycles. The summed E-state index contributed by atoms with van der Waals surface area (Å²) in [5.74, 6) is -1.04. The van der Waals surface area contributed by atoms with E-state index in [0.29, 0.717) is 17.0 Å². The van der Waals surface area contributed by atoms with Crippen LogP contribution in [0.3, 0.4) is 0 Å². The van der Waals surface area contributed by atoms with Crippen LogP contribution >= 0.6 is 0 Å². The molecule has 9 heteroatoms. The van der Waals surface area contributed by atoms with E-state index in [1.54, 1.807) is 33.8 Å². The molecule has 0 aliphatic rings. The van der Waals surface area contributed by atoms with Crippen LogP contribution in [0.4, 0.5) is 5.82 Å². The first-order chi connectivity index (χ1) is 12.3. The third-order valence-corrected chi connectivity index (χ3v) is 3.82. The van der Waals surface area contributed by atoms with Crippen LogP contribution in [0, 0.1) is 20.8 Å². The van der Waals surface area contributed by atoms with E-state index in [1.807, 2.05) is 0 Å². The Bertz CT molecular complexity index is 836. The summed E-state index contributed by atoms with van der Waals surface area (Å²) in [5, 5.41) is 6.19. The number of nitrogens with zero attached hydrogens (tertiary/aromatic N) is 1. The molecule has 0 unspecified atom stereocenters. The Hall–Kier alpha value is -3.10. The number of nitrogens with one attached hydrogen (secondary N) is 2. The van der Waals surface area contributed by atoms with E-state index >= 15 is 0 Å². The molecular weight excluding hydrogens is 342 g/mol. The van der Waals surface area contributed by atoms with Gasteiger partial charge in [0.05, 0.1) is 12.7 Å². The van der Waals surface area contributed by atoms with Gasteiger partial charge in [-0.2, -0.15) is 0 Å². The molecule has 0 spiro atoms. The van der Waals surface area contributed by atoms with E-state index in [2.05, 4.69) is 15.5 Å². The summed E-state index contributed by atoms with van der Waals surface area (Å²) in [4.78, 5) is 39.4. The molecule has 140 valence electrons. The second-order valence-electron chi connectivity index (χ2n) is 5.73. The van der Waals surface area contributed by atoms with Crippen LogP contribution in [0.15, 0.2) is 10.6 Å².